The molecule has 2 rings (SSSR count). The number of carboxylic acid groups (broad SMARTS) is 1. The first-order valence-electron chi connectivity index (χ1n) is 6.16. The zero-order valence-corrected chi connectivity index (χ0v) is 11.3. The van der Waals surface area contributed by atoms with Crippen LogP contribution < -0.4 is 10.6 Å². The molecule has 1 fully saturated rings. The third-order valence-electron chi connectivity index (χ3n) is 3.53. The molecule has 1 aromatic rings. The van der Waals surface area contributed by atoms with Crippen molar-refractivity contribution in [2.75, 3.05) is 11.9 Å². The highest BCUT2D eigenvalue weighted by atomic mass is 35.5. The van der Waals surface area contributed by atoms with Gasteiger partial charge >= 0.3 is 12.0 Å². The predicted octanol–water partition coefficient (Wildman–Crippen LogP) is 2.86. The largest absolute Gasteiger partial charge is 0.481 e. The summed E-state index contributed by atoms with van der Waals surface area (Å²) in [5.41, 5.74) is -0.731. The van der Waals surface area contributed by atoms with Crippen molar-refractivity contribution in [3.8, 4) is 0 Å². The summed E-state index contributed by atoms with van der Waals surface area (Å²) in [4.78, 5) is 22.8. The number of hydrogen-bond acceptors (Lipinski definition) is 2. The molecule has 108 valence electrons. The van der Waals surface area contributed by atoms with E-state index in [9.17, 15) is 14.0 Å². The van der Waals surface area contributed by atoms with Gasteiger partial charge in [0.1, 0.15) is 5.82 Å². The highest BCUT2D eigenvalue weighted by Crippen LogP contribution is 2.40. The number of urea groups is 1. The highest BCUT2D eigenvalue weighted by molar-refractivity contribution is 6.33. The normalized spacial score (nSPS) is 16.1. The molecule has 1 aromatic carbocycles. The van der Waals surface area contributed by atoms with E-state index in [4.69, 9.17) is 16.7 Å². The maximum absolute atomic E-state index is 13.0. The van der Waals surface area contributed by atoms with E-state index >= 15 is 0 Å². The maximum Gasteiger partial charge on any atom is 0.319 e. The predicted molar refractivity (Wildman–Crippen MR) is 72.4 cm³/mol. The minimum absolute atomic E-state index is 0.0428. The molecule has 3 N–H and O–H groups in total. The Morgan fingerprint density at radius 3 is 2.65 bits per heavy atom. The first kappa shape index (κ1) is 14.6. The Labute approximate surface area is 120 Å². The van der Waals surface area contributed by atoms with Gasteiger partial charge in [0.2, 0.25) is 0 Å². The van der Waals surface area contributed by atoms with Crippen LogP contribution in [0.4, 0.5) is 14.9 Å². The van der Waals surface area contributed by atoms with Crippen LogP contribution in [-0.4, -0.2) is 23.7 Å². The molecule has 0 saturated heterocycles. The minimum Gasteiger partial charge on any atom is -0.481 e. The number of benzene rings is 1. The summed E-state index contributed by atoms with van der Waals surface area (Å²) in [5.74, 6) is -1.43. The Hall–Kier alpha value is -1.82. The molecule has 0 unspecified atom stereocenters. The Morgan fingerprint density at radius 2 is 2.10 bits per heavy atom. The third kappa shape index (κ3) is 3.01. The fourth-order valence-electron chi connectivity index (χ4n) is 2.08. The lowest BCUT2D eigenvalue weighted by molar-refractivity contribution is -0.153. The molecule has 20 heavy (non-hydrogen) atoms. The van der Waals surface area contributed by atoms with Crippen molar-refractivity contribution in [3.63, 3.8) is 0 Å². The Bertz CT molecular complexity index is 546. The number of carbonyl (C=O) groups is 2. The van der Waals surface area contributed by atoms with E-state index in [0.29, 0.717) is 12.8 Å². The van der Waals surface area contributed by atoms with E-state index in [1.165, 1.54) is 12.1 Å². The van der Waals surface area contributed by atoms with Crippen molar-refractivity contribution < 1.29 is 19.1 Å². The van der Waals surface area contributed by atoms with Crippen LogP contribution in [0.1, 0.15) is 19.3 Å². The van der Waals surface area contributed by atoms with Crippen molar-refractivity contribution in [3.05, 3.63) is 29.0 Å². The molecule has 1 saturated carbocycles. The van der Waals surface area contributed by atoms with Gasteiger partial charge in [-0.15, -0.1) is 0 Å². The smallest absolute Gasteiger partial charge is 0.319 e. The van der Waals surface area contributed by atoms with Gasteiger partial charge in [0, 0.05) is 6.54 Å². The minimum atomic E-state index is -0.909. The van der Waals surface area contributed by atoms with Gasteiger partial charge in [-0.05, 0) is 31.0 Å². The van der Waals surface area contributed by atoms with Gasteiger partial charge < -0.3 is 15.7 Å². The molecule has 0 bridgehead atoms. The van der Waals surface area contributed by atoms with Gasteiger partial charge in [0.05, 0.1) is 16.1 Å². The fraction of sp³-hybridized carbons (Fsp3) is 0.385. The summed E-state index contributed by atoms with van der Waals surface area (Å²) >= 11 is 5.82. The number of anilines is 1. The second-order valence-electron chi connectivity index (χ2n) is 4.87. The van der Waals surface area contributed by atoms with Gasteiger partial charge in [-0.2, -0.15) is 0 Å². The monoisotopic (exact) mass is 300 g/mol. The van der Waals surface area contributed by atoms with Crippen molar-refractivity contribution in [2.24, 2.45) is 5.41 Å². The Balaban J connectivity index is 1.93. The number of amides is 2. The molecule has 0 radical (unpaired) electrons. The first-order valence-corrected chi connectivity index (χ1v) is 6.54. The van der Waals surface area contributed by atoms with Crippen LogP contribution >= 0.6 is 11.6 Å². The molecule has 0 aromatic heterocycles. The Kier molecular flexibility index (Phi) is 4.13. The second kappa shape index (κ2) is 5.66. The standard InChI is InChI=1S/C13H14ClFN2O3/c14-9-3-2-8(15)6-10(9)17-12(20)16-7-13(11(18)19)4-1-5-13/h2-3,6H,1,4-5,7H2,(H,18,19)(H2,16,17,20). The molecular formula is C13H14ClFN2O3. The van der Waals surface area contributed by atoms with E-state index < -0.39 is 23.2 Å². The van der Waals surface area contributed by atoms with Crippen LogP contribution in [0, 0.1) is 11.2 Å². The molecule has 0 atom stereocenters. The van der Waals surface area contributed by atoms with E-state index in [1.807, 2.05) is 0 Å². The number of aliphatic carboxylic acids is 1. The van der Waals surface area contributed by atoms with E-state index in [1.54, 1.807) is 0 Å². The summed E-state index contributed by atoms with van der Waals surface area (Å²) in [6.45, 7) is 0.0428. The fourth-order valence-corrected chi connectivity index (χ4v) is 2.24. The molecule has 2 amide bonds. The lowest BCUT2D eigenvalue weighted by Crippen LogP contribution is -2.48. The quantitative estimate of drug-likeness (QED) is 0.800. The summed E-state index contributed by atoms with van der Waals surface area (Å²) in [6.07, 6.45) is 1.93. The maximum atomic E-state index is 13.0. The molecule has 5 nitrogen and oxygen atoms in total. The van der Waals surface area contributed by atoms with Crippen molar-refractivity contribution in [1.29, 1.82) is 0 Å². The summed E-state index contributed by atoms with van der Waals surface area (Å²) in [7, 11) is 0. The summed E-state index contributed by atoms with van der Waals surface area (Å²) < 4.78 is 13.0. The van der Waals surface area contributed by atoms with Gasteiger partial charge in [-0.1, -0.05) is 18.0 Å². The van der Waals surface area contributed by atoms with Gasteiger partial charge in [0.25, 0.3) is 0 Å². The third-order valence-corrected chi connectivity index (χ3v) is 3.86. The van der Waals surface area contributed by atoms with Crippen LogP contribution in [0.5, 0.6) is 0 Å². The zero-order chi connectivity index (χ0) is 14.8. The van der Waals surface area contributed by atoms with E-state index in [0.717, 1.165) is 12.5 Å². The molecule has 0 heterocycles. The second-order valence-corrected chi connectivity index (χ2v) is 5.28. The van der Waals surface area contributed by atoms with Crippen LogP contribution in [0.15, 0.2) is 18.2 Å². The molecule has 1 aliphatic carbocycles. The molecule has 0 spiro atoms. The SMILES string of the molecule is O=C(NCC1(C(=O)O)CCC1)Nc1cc(F)ccc1Cl. The number of carbonyl (C=O) groups excluding carboxylic acids is 1. The lowest BCUT2D eigenvalue weighted by Gasteiger charge is -2.37. The van der Waals surface area contributed by atoms with Gasteiger partial charge in [0.15, 0.2) is 0 Å². The summed E-state index contributed by atoms with van der Waals surface area (Å²) in [5, 5.41) is 14.2. The van der Waals surface area contributed by atoms with Crippen LogP contribution in [-0.2, 0) is 4.79 Å². The first-order chi connectivity index (χ1) is 9.43. The van der Waals surface area contributed by atoms with Crippen molar-refractivity contribution >= 4 is 29.3 Å². The van der Waals surface area contributed by atoms with Gasteiger partial charge in [-0.3, -0.25) is 4.79 Å². The molecular weight excluding hydrogens is 287 g/mol. The molecule has 7 heteroatoms. The number of halogens is 2. The van der Waals surface area contributed by atoms with E-state index in [2.05, 4.69) is 10.6 Å². The number of nitrogens with one attached hydrogen (secondary N) is 2. The Morgan fingerprint density at radius 1 is 1.40 bits per heavy atom. The topological polar surface area (TPSA) is 78.4 Å². The molecule has 1 aliphatic rings. The lowest BCUT2D eigenvalue weighted by atomic mass is 9.69. The number of rotatable bonds is 4. The number of carboxylic acids is 1. The van der Waals surface area contributed by atoms with Crippen molar-refractivity contribution in [2.45, 2.75) is 19.3 Å². The highest BCUT2D eigenvalue weighted by Gasteiger charge is 2.44. The summed E-state index contributed by atoms with van der Waals surface area (Å²) in [6, 6.07) is 3.00. The van der Waals surface area contributed by atoms with Gasteiger partial charge in [-0.25, -0.2) is 9.18 Å². The van der Waals surface area contributed by atoms with Crippen LogP contribution in [0.3, 0.4) is 0 Å². The average Bonchev–Trinajstić information content (AvgIpc) is 2.32. The van der Waals surface area contributed by atoms with Crippen LogP contribution in [0.25, 0.3) is 0 Å². The average molecular weight is 301 g/mol. The zero-order valence-electron chi connectivity index (χ0n) is 10.6. The number of hydrogen-bond donors (Lipinski definition) is 3. The van der Waals surface area contributed by atoms with E-state index in [-0.39, 0.29) is 17.3 Å². The molecule has 0 aliphatic heterocycles. The van der Waals surface area contributed by atoms with Crippen LogP contribution in [0.2, 0.25) is 5.02 Å². The van der Waals surface area contributed by atoms with Crippen molar-refractivity contribution in [1.82, 2.24) is 5.32 Å².